The molecule has 1 heterocycles. The van der Waals surface area contributed by atoms with Gasteiger partial charge in [0.05, 0.1) is 20.8 Å². The second-order valence-electron chi connectivity index (χ2n) is 7.43. The van der Waals surface area contributed by atoms with E-state index in [-0.39, 0.29) is 11.8 Å². The Hall–Kier alpha value is -3.22. The van der Waals surface area contributed by atoms with Crippen LogP contribution in [0.15, 0.2) is 42.5 Å². The molecule has 2 amide bonds. The number of hydrogen-bond donors (Lipinski definition) is 0. The van der Waals surface area contributed by atoms with Gasteiger partial charge >= 0.3 is 0 Å². The molecule has 0 bridgehead atoms. The van der Waals surface area contributed by atoms with Gasteiger partial charge in [-0.25, -0.2) is 0 Å². The zero-order valence-corrected chi connectivity index (χ0v) is 18.4. The number of piperazine rings is 1. The van der Waals surface area contributed by atoms with Crippen molar-refractivity contribution in [1.29, 1.82) is 0 Å². The molecule has 0 unspecified atom stereocenters. The van der Waals surface area contributed by atoms with Crippen LogP contribution in [0.2, 0.25) is 0 Å². The smallest absolute Gasteiger partial charge is 0.261 e. The van der Waals surface area contributed by atoms with Crippen molar-refractivity contribution < 1.29 is 23.8 Å². The van der Waals surface area contributed by atoms with Gasteiger partial charge in [-0.3, -0.25) is 9.59 Å². The van der Waals surface area contributed by atoms with Crippen LogP contribution < -0.4 is 14.2 Å². The van der Waals surface area contributed by atoms with Gasteiger partial charge in [0.15, 0.2) is 0 Å². The number of aryl methyl sites for hydroxylation is 1. The Morgan fingerprint density at radius 2 is 1.42 bits per heavy atom. The van der Waals surface area contributed by atoms with Gasteiger partial charge in [0, 0.05) is 32.6 Å². The predicted molar refractivity (Wildman–Crippen MR) is 118 cm³/mol. The molecule has 3 rings (SSSR count). The van der Waals surface area contributed by atoms with E-state index in [1.807, 2.05) is 36.1 Å². The number of rotatable bonds is 8. The lowest BCUT2D eigenvalue weighted by atomic mass is 10.1. The highest BCUT2D eigenvalue weighted by Crippen LogP contribution is 2.30. The summed E-state index contributed by atoms with van der Waals surface area (Å²) < 4.78 is 16.5. The molecule has 0 N–H and O–H groups in total. The number of para-hydroxylation sites is 1. The lowest BCUT2D eigenvalue weighted by Gasteiger charge is -2.35. The predicted octanol–water partition coefficient (Wildman–Crippen LogP) is 3.16. The molecule has 1 fully saturated rings. The van der Waals surface area contributed by atoms with E-state index in [0.29, 0.717) is 62.7 Å². The third-order valence-corrected chi connectivity index (χ3v) is 5.45. The van der Waals surface area contributed by atoms with Crippen molar-refractivity contribution in [2.75, 3.05) is 47.0 Å². The fourth-order valence-electron chi connectivity index (χ4n) is 3.66. The van der Waals surface area contributed by atoms with E-state index in [9.17, 15) is 9.59 Å². The molecule has 1 saturated heterocycles. The monoisotopic (exact) mass is 426 g/mol. The molecule has 2 aromatic rings. The van der Waals surface area contributed by atoms with E-state index in [0.717, 1.165) is 11.3 Å². The number of hydrogen-bond acceptors (Lipinski definition) is 5. The fraction of sp³-hybridized carbons (Fsp3) is 0.417. The van der Waals surface area contributed by atoms with E-state index in [1.54, 1.807) is 23.1 Å². The topological polar surface area (TPSA) is 68.3 Å². The number of benzene rings is 2. The molecular weight excluding hydrogens is 396 g/mol. The summed E-state index contributed by atoms with van der Waals surface area (Å²) in [7, 11) is 3.07. The van der Waals surface area contributed by atoms with Crippen LogP contribution in [-0.4, -0.2) is 68.6 Å². The quantitative estimate of drug-likeness (QED) is 0.607. The van der Waals surface area contributed by atoms with Crippen LogP contribution in [0, 0.1) is 6.92 Å². The third kappa shape index (κ3) is 5.48. The van der Waals surface area contributed by atoms with Gasteiger partial charge in [0.1, 0.15) is 22.8 Å². The molecule has 0 saturated carbocycles. The SMILES string of the molecule is COc1cccc(OC)c1C(=O)N1CCN(C(=O)CCCOc2ccccc2C)CC1. The lowest BCUT2D eigenvalue weighted by molar-refractivity contribution is -0.132. The average molecular weight is 427 g/mol. The van der Waals surface area contributed by atoms with Crippen molar-refractivity contribution in [1.82, 2.24) is 9.80 Å². The van der Waals surface area contributed by atoms with Crippen LogP contribution in [0.5, 0.6) is 17.2 Å². The molecular formula is C24H30N2O5. The van der Waals surface area contributed by atoms with E-state index in [4.69, 9.17) is 14.2 Å². The highest BCUT2D eigenvalue weighted by Gasteiger charge is 2.28. The maximum Gasteiger partial charge on any atom is 0.261 e. The van der Waals surface area contributed by atoms with Crippen molar-refractivity contribution in [3.63, 3.8) is 0 Å². The molecule has 31 heavy (non-hydrogen) atoms. The van der Waals surface area contributed by atoms with Gasteiger partial charge in [-0.2, -0.15) is 0 Å². The fourth-order valence-corrected chi connectivity index (χ4v) is 3.66. The van der Waals surface area contributed by atoms with Crippen molar-refractivity contribution in [2.24, 2.45) is 0 Å². The highest BCUT2D eigenvalue weighted by atomic mass is 16.5. The number of carbonyl (C=O) groups excluding carboxylic acids is 2. The number of carbonyl (C=O) groups is 2. The van der Waals surface area contributed by atoms with Crippen molar-refractivity contribution in [3.05, 3.63) is 53.6 Å². The number of methoxy groups -OCH3 is 2. The average Bonchev–Trinajstić information content (AvgIpc) is 2.81. The van der Waals surface area contributed by atoms with Crippen LogP contribution in [-0.2, 0) is 4.79 Å². The van der Waals surface area contributed by atoms with Crippen LogP contribution in [0.25, 0.3) is 0 Å². The van der Waals surface area contributed by atoms with E-state index < -0.39 is 0 Å². The molecule has 0 aromatic heterocycles. The molecule has 0 aliphatic carbocycles. The number of nitrogens with zero attached hydrogens (tertiary/aromatic N) is 2. The Balaban J connectivity index is 1.47. The molecule has 166 valence electrons. The Bertz CT molecular complexity index is 884. The molecule has 1 aliphatic rings. The highest BCUT2D eigenvalue weighted by molar-refractivity contribution is 5.99. The van der Waals surface area contributed by atoms with Crippen LogP contribution >= 0.6 is 0 Å². The second-order valence-corrected chi connectivity index (χ2v) is 7.43. The summed E-state index contributed by atoms with van der Waals surface area (Å²) in [6, 6.07) is 13.1. The standard InChI is InChI=1S/C24H30N2O5/c1-18-8-4-5-9-19(18)31-17-7-12-22(27)25-13-15-26(16-14-25)24(28)23-20(29-2)10-6-11-21(23)30-3/h4-6,8-11H,7,12-17H2,1-3H3. The normalized spacial score (nSPS) is 13.6. The summed E-state index contributed by atoms with van der Waals surface area (Å²) in [6.07, 6.45) is 1.09. The van der Waals surface area contributed by atoms with Crippen LogP contribution in [0.1, 0.15) is 28.8 Å². The summed E-state index contributed by atoms with van der Waals surface area (Å²) >= 11 is 0. The minimum atomic E-state index is -0.145. The first-order valence-corrected chi connectivity index (χ1v) is 10.5. The molecule has 1 aliphatic heterocycles. The van der Waals surface area contributed by atoms with Crippen LogP contribution in [0.4, 0.5) is 0 Å². The minimum absolute atomic E-state index is 0.0929. The maximum atomic E-state index is 13.1. The summed E-state index contributed by atoms with van der Waals surface area (Å²) in [5.41, 5.74) is 1.50. The molecule has 0 radical (unpaired) electrons. The van der Waals surface area contributed by atoms with Gasteiger partial charge in [-0.05, 0) is 37.1 Å². The zero-order chi connectivity index (χ0) is 22.2. The number of amides is 2. The van der Waals surface area contributed by atoms with Crippen molar-refractivity contribution >= 4 is 11.8 Å². The molecule has 0 spiro atoms. The minimum Gasteiger partial charge on any atom is -0.496 e. The lowest BCUT2D eigenvalue weighted by Crippen LogP contribution is -2.50. The Morgan fingerprint density at radius 1 is 0.839 bits per heavy atom. The Kier molecular flexibility index (Phi) is 7.76. The van der Waals surface area contributed by atoms with Crippen LogP contribution in [0.3, 0.4) is 0 Å². The molecule has 0 atom stereocenters. The molecule has 2 aromatic carbocycles. The van der Waals surface area contributed by atoms with Gasteiger partial charge in [-0.15, -0.1) is 0 Å². The first-order valence-electron chi connectivity index (χ1n) is 10.5. The van der Waals surface area contributed by atoms with Gasteiger partial charge in [0.25, 0.3) is 5.91 Å². The Labute approximate surface area is 183 Å². The first kappa shape index (κ1) is 22.5. The van der Waals surface area contributed by atoms with Gasteiger partial charge < -0.3 is 24.0 Å². The van der Waals surface area contributed by atoms with Crippen molar-refractivity contribution in [2.45, 2.75) is 19.8 Å². The second kappa shape index (κ2) is 10.7. The molecule has 7 heteroatoms. The van der Waals surface area contributed by atoms with Gasteiger partial charge in [-0.1, -0.05) is 24.3 Å². The molecule has 7 nitrogen and oxygen atoms in total. The van der Waals surface area contributed by atoms with Gasteiger partial charge in [0.2, 0.25) is 5.91 Å². The van der Waals surface area contributed by atoms with E-state index in [1.165, 1.54) is 14.2 Å². The van der Waals surface area contributed by atoms with E-state index >= 15 is 0 Å². The summed E-state index contributed by atoms with van der Waals surface area (Å²) in [4.78, 5) is 29.2. The van der Waals surface area contributed by atoms with E-state index in [2.05, 4.69) is 0 Å². The zero-order valence-electron chi connectivity index (χ0n) is 18.4. The number of ether oxygens (including phenoxy) is 3. The first-order chi connectivity index (χ1) is 15.0. The third-order valence-electron chi connectivity index (χ3n) is 5.45. The summed E-state index contributed by atoms with van der Waals surface area (Å²) in [5.74, 6) is 1.77. The Morgan fingerprint density at radius 3 is 2.03 bits per heavy atom. The van der Waals surface area contributed by atoms with Crippen molar-refractivity contribution in [3.8, 4) is 17.2 Å². The summed E-state index contributed by atoms with van der Waals surface area (Å²) in [6.45, 7) is 4.49. The summed E-state index contributed by atoms with van der Waals surface area (Å²) in [5, 5.41) is 0. The largest absolute Gasteiger partial charge is 0.496 e. The maximum absolute atomic E-state index is 13.1.